The molecule has 16 heavy (non-hydrogen) atoms. The zero-order valence-electron chi connectivity index (χ0n) is 9.93. The molecule has 0 unspecified atom stereocenters. The van der Waals surface area contributed by atoms with E-state index >= 15 is 0 Å². The van der Waals surface area contributed by atoms with Crippen LogP contribution in [0.25, 0.3) is 0 Å². The van der Waals surface area contributed by atoms with Crippen LogP contribution in [0.4, 0.5) is 0 Å². The van der Waals surface area contributed by atoms with E-state index in [4.69, 9.17) is 24.7 Å². The molecule has 0 fully saturated rings. The largest absolute Gasteiger partial charge is 0.359 e. The minimum absolute atomic E-state index is 0.0352. The summed E-state index contributed by atoms with van der Waals surface area (Å²) in [5, 5.41) is 0. The van der Waals surface area contributed by atoms with Gasteiger partial charge in [-0.3, -0.25) is 0 Å². The molecular weight excluding hydrogens is 210 g/mol. The van der Waals surface area contributed by atoms with E-state index in [1.807, 2.05) is 6.08 Å². The normalized spacial score (nSPS) is 28.8. The monoisotopic (exact) mass is 231 g/mol. The third-order valence-corrected chi connectivity index (χ3v) is 2.65. The Labute approximate surface area is 96.5 Å². The van der Waals surface area contributed by atoms with Gasteiger partial charge >= 0.3 is 0 Å². The Hall–Kier alpha value is -0.460. The van der Waals surface area contributed by atoms with Gasteiger partial charge < -0.3 is 24.7 Å². The molecule has 0 bridgehead atoms. The zero-order valence-corrected chi connectivity index (χ0v) is 9.93. The van der Waals surface area contributed by atoms with E-state index < -0.39 is 0 Å². The van der Waals surface area contributed by atoms with Gasteiger partial charge in [0, 0.05) is 32.1 Å². The lowest BCUT2D eigenvalue weighted by Crippen LogP contribution is -2.34. The van der Waals surface area contributed by atoms with Gasteiger partial charge in [-0.15, -0.1) is 0 Å². The third kappa shape index (κ3) is 4.19. The predicted molar refractivity (Wildman–Crippen MR) is 59.8 cm³/mol. The van der Waals surface area contributed by atoms with E-state index in [1.54, 1.807) is 14.2 Å². The fourth-order valence-electron chi connectivity index (χ4n) is 1.79. The molecule has 0 aliphatic heterocycles. The van der Waals surface area contributed by atoms with E-state index in [0.29, 0.717) is 32.7 Å². The fourth-order valence-corrected chi connectivity index (χ4v) is 1.79. The molecule has 2 N–H and O–H groups in total. The first kappa shape index (κ1) is 13.6. The third-order valence-electron chi connectivity index (χ3n) is 2.65. The maximum atomic E-state index is 5.96. The van der Waals surface area contributed by atoms with E-state index in [2.05, 4.69) is 6.08 Å². The SMILES string of the molecule is COCOC[C@H]1[C@H](N)C=C[C@@H]1COCOC. The molecule has 0 spiro atoms. The van der Waals surface area contributed by atoms with Gasteiger partial charge in [0.2, 0.25) is 0 Å². The first-order valence-electron chi connectivity index (χ1n) is 5.37. The maximum absolute atomic E-state index is 5.96. The summed E-state index contributed by atoms with van der Waals surface area (Å²) >= 11 is 0. The molecule has 0 saturated carbocycles. The molecular formula is C11H21NO4. The summed E-state index contributed by atoms with van der Waals surface area (Å²) in [4.78, 5) is 0. The average molecular weight is 231 g/mol. The van der Waals surface area contributed by atoms with Gasteiger partial charge in [0.05, 0.1) is 13.2 Å². The van der Waals surface area contributed by atoms with Gasteiger partial charge in [0.25, 0.3) is 0 Å². The molecule has 0 aromatic carbocycles. The van der Waals surface area contributed by atoms with Crippen molar-refractivity contribution in [2.75, 3.05) is 41.0 Å². The predicted octanol–water partition coefficient (Wildman–Crippen LogP) is 0.357. The Kier molecular flexibility index (Phi) is 6.59. The van der Waals surface area contributed by atoms with Gasteiger partial charge in [-0.05, 0) is 0 Å². The van der Waals surface area contributed by atoms with Gasteiger partial charge in [-0.1, -0.05) is 12.2 Å². The van der Waals surface area contributed by atoms with Crippen molar-refractivity contribution < 1.29 is 18.9 Å². The molecule has 1 rings (SSSR count). The molecule has 5 heteroatoms. The molecule has 0 radical (unpaired) electrons. The Morgan fingerprint density at radius 3 is 2.25 bits per heavy atom. The second-order valence-electron chi connectivity index (χ2n) is 3.84. The molecule has 5 nitrogen and oxygen atoms in total. The quantitative estimate of drug-likeness (QED) is 0.371. The highest BCUT2D eigenvalue weighted by Gasteiger charge is 2.29. The Morgan fingerprint density at radius 2 is 1.62 bits per heavy atom. The van der Waals surface area contributed by atoms with Crippen LogP contribution in [0.5, 0.6) is 0 Å². The topological polar surface area (TPSA) is 62.9 Å². The van der Waals surface area contributed by atoms with Crippen molar-refractivity contribution in [3.8, 4) is 0 Å². The summed E-state index contributed by atoms with van der Waals surface area (Å²) < 4.78 is 20.3. The van der Waals surface area contributed by atoms with Crippen molar-refractivity contribution in [3.05, 3.63) is 12.2 Å². The number of methoxy groups -OCH3 is 2. The number of hydrogen-bond acceptors (Lipinski definition) is 5. The highest BCUT2D eigenvalue weighted by atomic mass is 16.7. The van der Waals surface area contributed by atoms with E-state index in [1.165, 1.54) is 0 Å². The van der Waals surface area contributed by atoms with Crippen molar-refractivity contribution in [1.29, 1.82) is 0 Å². The minimum Gasteiger partial charge on any atom is -0.359 e. The van der Waals surface area contributed by atoms with Gasteiger partial charge in [0.1, 0.15) is 13.6 Å². The fraction of sp³-hybridized carbons (Fsp3) is 0.818. The number of nitrogens with two attached hydrogens (primary N) is 1. The highest BCUT2D eigenvalue weighted by Crippen LogP contribution is 2.25. The molecule has 1 aliphatic rings. The number of rotatable bonds is 8. The van der Waals surface area contributed by atoms with Crippen molar-refractivity contribution in [3.63, 3.8) is 0 Å². The summed E-state index contributed by atoms with van der Waals surface area (Å²) in [6.07, 6.45) is 4.09. The van der Waals surface area contributed by atoms with Crippen molar-refractivity contribution in [2.45, 2.75) is 6.04 Å². The molecule has 0 saturated heterocycles. The molecule has 0 heterocycles. The summed E-state index contributed by atoms with van der Waals surface area (Å²) in [6.45, 7) is 1.81. The maximum Gasteiger partial charge on any atom is 0.146 e. The standard InChI is InChI=1S/C11H21NO4/c1-13-7-15-5-9-3-4-11(12)10(9)6-16-8-14-2/h3-4,9-11H,5-8,12H2,1-2H3/t9-,10-,11-/m1/s1. The summed E-state index contributed by atoms with van der Waals surface area (Å²) in [5.41, 5.74) is 5.96. The Bertz CT molecular complexity index is 210. The highest BCUT2D eigenvalue weighted by molar-refractivity contribution is 5.09. The molecule has 0 aromatic rings. The lowest BCUT2D eigenvalue weighted by atomic mass is 9.94. The van der Waals surface area contributed by atoms with Gasteiger partial charge in [-0.2, -0.15) is 0 Å². The smallest absolute Gasteiger partial charge is 0.146 e. The lowest BCUT2D eigenvalue weighted by Gasteiger charge is -2.22. The Balaban J connectivity index is 2.27. The van der Waals surface area contributed by atoms with Crippen LogP contribution in [-0.4, -0.2) is 47.1 Å². The van der Waals surface area contributed by atoms with Crippen LogP contribution in [0, 0.1) is 11.8 Å². The first-order chi connectivity index (χ1) is 7.79. The van der Waals surface area contributed by atoms with Crippen LogP contribution in [-0.2, 0) is 18.9 Å². The molecule has 94 valence electrons. The zero-order chi connectivity index (χ0) is 11.8. The first-order valence-corrected chi connectivity index (χ1v) is 5.37. The number of hydrogen-bond donors (Lipinski definition) is 1. The summed E-state index contributed by atoms with van der Waals surface area (Å²) in [5.74, 6) is 0.550. The second-order valence-corrected chi connectivity index (χ2v) is 3.84. The van der Waals surface area contributed by atoms with E-state index in [-0.39, 0.29) is 12.0 Å². The van der Waals surface area contributed by atoms with Gasteiger partial charge in [-0.25, -0.2) is 0 Å². The van der Waals surface area contributed by atoms with E-state index in [0.717, 1.165) is 0 Å². The van der Waals surface area contributed by atoms with Crippen LogP contribution < -0.4 is 5.73 Å². The van der Waals surface area contributed by atoms with Crippen molar-refractivity contribution >= 4 is 0 Å². The minimum atomic E-state index is 0.0352. The van der Waals surface area contributed by atoms with Crippen molar-refractivity contribution in [2.24, 2.45) is 17.6 Å². The van der Waals surface area contributed by atoms with Gasteiger partial charge in [0.15, 0.2) is 0 Å². The summed E-state index contributed by atoms with van der Waals surface area (Å²) in [7, 11) is 3.21. The average Bonchev–Trinajstić information content (AvgIpc) is 2.62. The van der Waals surface area contributed by atoms with Crippen LogP contribution in [0.3, 0.4) is 0 Å². The Morgan fingerprint density at radius 1 is 1.00 bits per heavy atom. The summed E-state index contributed by atoms with van der Waals surface area (Å²) in [6, 6.07) is 0.0352. The lowest BCUT2D eigenvalue weighted by molar-refractivity contribution is -0.0670. The molecule has 3 atom stereocenters. The van der Waals surface area contributed by atoms with Crippen LogP contribution in [0.2, 0.25) is 0 Å². The second kappa shape index (κ2) is 7.76. The van der Waals surface area contributed by atoms with Crippen LogP contribution in [0.1, 0.15) is 0 Å². The van der Waals surface area contributed by atoms with E-state index in [9.17, 15) is 0 Å². The molecule has 0 amide bonds. The van der Waals surface area contributed by atoms with Crippen LogP contribution in [0.15, 0.2) is 12.2 Å². The van der Waals surface area contributed by atoms with Crippen LogP contribution >= 0.6 is 0 Å². The van der Waals surface area contributed by atoms with Crippen molar-refractivity contribution in [1.82, 2.24) is 0 Å². The molecule has 1 aliphatic carbocycles. The molecule has 0 aromatic heterocycles. The number of ether oxygens (including phenoxy) is 4.